The second kappa shape index (κ2) is 4.55. The minimum absolute atomic E-state index is 0.141. The van der Waals surface area contributed by atoms with Gasteiger partial charge in [0.25, 0.3) is 0 Å². The largest absolute Gasteiger partial charge is 0.507 e. The lowest BCUT2D eigenvalue weighted by Gasteiger charge is -2.09. The average Bonchev–Trinajstić information content (AvgIpc) is 2.46. The third-order valence-electron chi connectivity index (χ3n) is 3.20. The lowest BCUT2D eigenvalue weighted by Crippen LogP contribution is -2.01. The Balaban J connectivity index is 2.59. The van der Waals surface area contributed by atoms with Crippen LogP contribution in [0.4, 0.5) is 0 Å². The van der Waals surface area contributed by atoms with Crippen molar-refractivity contribution in [2.24, 2.45) is 0 Å². The average molecular weight is 300 g/mol. The number of aldehydes is 1. The van der Waals surface area contributed by atoms with Crippen LogP contribution in [0.15, 0.2) is 18.2 Å². The van der Waals surface area contributed by atoms with E-state index < -0.39 is 17.5 Å². The van der Waals surface area contributed by atoms with Gasteiger partial charge in [0.1, 0.15) is 39.3 Å². The van der Waals surface area contributed by atoms with Crippen molar-refractivity contribution in [3.8, 4) is 17.2 Å². The van der Waals surface area contributed by atoms with Crippen molar-refractivity contribution in [3.63, 3.8) is 0 Å². The Morgan fingerprint density at radius 3 is 2.18 bits per heavy atom. The summed E-state index contributed by atoms with van der Waals surface area (Å²) in [4.78, 5) is 30.3. The van der Waals surface area contributed by atoms with Crippen LogP contribution in [-0.2, 0) is 0 Å². The van der Waals surface area contributed by atoms with Crippen LogP contribution < -0.4 is 0 Å². The number of benzene rings is 2. The molecular weight excluding hydrogens is 292 g/mol. The highest BCUT2D eigenvalue weighted by Gasteiger charge is 2.19. The molecule has 0 amide bonds. The molecule has 0 unspecified atom stereocenters. The number of phenolic OH excluding ortho intramolecular Hbond substituents is 3. The first-order valence-electron chi connectivity index (χ1n) is 6.01. The van der Waals surface area contributed by atoms with Crippen LogP contribution in [0, 0.1) is 0 Å². The molecule has 0 saturated carbocycles. The molecule has 2 aromatic carbocycles. The second-order valence-electron chi connectivity index (χ2n) is 4.50. The van der Waals surface area contributed by atoms with E-state index in [1.165, 1.54) is 0 Å². The summed E-state index contributed by atoms with van der Waals surface area (Å²) in [5.74, 6) is -2.59. The number of carboxylic acid groups (broad SMARTS) is 1. The summed E-state index contributed by atoms with van der Waals surface area (Å²) in [6, 6.07) is 3.20. The quantitative estimate of drug-likeness (QED) is 0.411. The summed E-state index contributed by atoms with van der Waals surface area (Å²) >= 11 is 0. The lowest BCUT2D eigenvalue weighted by molar-refractivity contribution is 0.0698. The van der Waals surface area contributed by atoms with E-state index in [1.807, 2.05) is 0 Å². The fourth-order valence-electron chi connectivity index (χ4n) is 2.17. The second-order valence-corrected chi connectivity index (χ2v) is 4.50. The number of aromatic nitrogens is 2. The van der Waals surface area contributed by atoms with E-state index in [0.29, 0.717) is 6.29 Å². The number of hydrogen-bond donors (Lipinski definition) is 4. The number of carbonyl (C=O) groups is 2. The van der Waals surface area contributed by atoms with Crippen LogP contribution in [0.3, 0.4) is 0 Å². The summed E-state index contributed by atoms with van der Waals surface area (Å²) in [7, 11) is 0. The number of rotatable bonds is 2. The number of hydrogen-bond acceptors (Lipinski definition) is 7. The van der Waals surface area contributed by atoms with Crippen molar-refractivity contribution in [1.82, 2.24) is 9.97 Å². The highest BCUT2D eigenvalue weighted by Crippen LogP contribution is 2.35. The van der Waals surface area contributed by atoms with Crippen LogP contribution in [0.2, 0.25) is 0 Å². The summed E-state index contributed by atoms with van der Waals surface area (Å²) in [5.41, 5.74) is -1.03. The van der Waals surface area contributed by atoms with Crippen molar-refractivity contribution in [3.05, 3.63) is 29.3 Å². The standard InChI is InChI=1S/C14H8N2O6/c17-4-6-8(19)3-9(20)13-11(6)16-12-7(18)2-1-5(14(21)22)10(12)15-13/h1-4,18-20H,(H,21,22). The van der Waals surface area contributed by atoms with Gasteiger partial charge in [-0.1, -0.05) is 0 Å². The van der Waals surface area contributed by atoms with E-state index in [0.717, 1.165) is 18.2 Å². The molecule has 0 aliphatic heterocycles. The molecule has 0 radical (unpaired) electrons. The van der Waals surface area contributed by atoms with E-state index in [1.54, 1.807) is 0 Å². The van der Waals surface area contributed by atoms with Gasteiger partial charge in [-0.15, -0.1) is 0 Å². The number of nitrogens with zero attached hydrogens (tertiary/aromatic N) is 2. The SMILES string of the molecule is O=Cc1c(O)cc(O)c2nc3c(C(=O)O)ccc(O)c3nc12. The number of aromatic hydroxyl groups is 3. The molecule has 0 spiro atoms. The van der Waals surface area contributed by atoms with Gasteiger partial charge < -0.3 is 20.4 Å². The van der Waals surface area contributed by atoms with Crippen molar-refractivity contribution < 1.29 is 30.0 Å². The predicted molar refractivity (Wildman–Crippen MR) is 74.4 cm³/mol. The Morgan fingerprint density at radius 1 is 0.909 bits per heavy atom. The zero-order valence-corrected chi connectivity index (χ0v) is 10.8. The monoisotopic (exact) mass is 300 g/mol. The molecule has 0 fully saturated rings. The molecular formula is C14H8N2O6. The molecule has 1 aromatic heterocycles. The molecule has 0 atom stereocenters. The number of carbonyl (C=O) groups excluding carboxylic acids is 1. The van der Waals surface area contributed by atoms with Crippen molar-refractivity contribution >= 4 is 34.3 Å². The summed E-state index contributed by atoms with van der Waals surface area (Å²) in [6.07, 6.45) is 0.329. The summed E-state index contributed by atoms with van der Waals surface area (Å²) in [5, 5.41) is 38.5. The Bertz CT molecular complexity index is 967. The minimum atomic E-state index is -1.28. The van der Waals surface area contributed by atoms with Gasteiger partial charge in [0.15, 0.2) is 6.29 Å². The Morgan fingerprint density at radius 2 is 1.55 bits per heavy atom. The summed E-state index contributed by atoms with van der Waals surface area (Å²) in [6.45, 7) is 0. The topological polar surface area (TPSA) is 141 Å². The van der Waals surface area contributed by atoms with E-state index in [-0.39, 0.29) is 38.9 Å². The fourth-order valence-corrected chi connectivity index (χ4v) is 2.17. The molecule has 110 valence electrons. The van der Waals surface area contributed by atoms with Crippen LogP contribution in [-0.4, -0.2) is 42.6 Å². The summed E-state index contributed by atoms with van der Waals surface area (Å²) < 4.78 is 0. The smallest absolute Gasteiger partial charge is 0.337 e. The molecule has 1 heterocycles. The number of phenols is 3. The van der Waals surface area contributed by atoms with E-state index >= 15 is 0 Å². The van der Waals surface area contributed by atoms with Crippen LogP contribution in [0.25, 0.3) is 22.1 Å². The molecule has 0 saturated heterocycles. The van der Waals surface area contributed by atoms with Gasteiger partial charge in [-0.2, -0.15) is 0 Å². The molecule has 22 heavy (non-hydrogen) atoms. The Hall–Kier alpha value is -3.42. The maximum atomic E-state index is 11.2. The predicted octanol–water partition coefficient (Wildman–Crippen LogP) is 1.41. The highest BCUT2D eigenvalue weighted by molar-refractivity contribution is 6.07. The molecule has 0 aliphatic rings. The van der Waals surface area contributed by atoms with Gasteiger partial charge in [0.05, 0.1) is 11.1 Å². The third kappa shape index (κ3) is 1.78. The van der Waals surface area contributed by atoms with Crippen LogP contribution in [0.5, 0.6) is 17.2 Å². The highest BCUT2D eigenvalue weighted by atomic mass is 16.4. The van der Waals surface area contributed by atoms with Crippen molar-refractivity contribution in [1.29, 1.82) is 0 Å². The minimum Gasteiger partial charge on any atom is -0.507 e. The van der Waals surface area contributed by atoms with Gasteiger partial charge in [-0.3, -0.25) is 4.79 Å². The fraction of sp³-hybridized carbons (Fsp3) is 0. The first-order valence-corrected chi connectivity index (χ1v) is 6.01. The maximum Gasteiger partial charge on any atom is 0.337 e. The zero-order valence-electron chi connectivity index (χ0n) is 10.8. The van der Waals surface area contributed by atoms with Crippen LogP contribution >= 0.6 is 0 Å². The molecule has 0 bridgehead atoms. The maximum absolute atomic E-state index is 11.2. The Labute approximate surface area is 121 Å². The molecule has 3 rings (SSSR count). The van der Waals surface area contributed by atoms with Crippen LogP contribution in [0.1, 0.15) is 20.7 Å². The third-order valence-corrected chi connectivity index (χ3v) is 3.20. The van der Waals surface area contributed by atoms with Gasteiger partial charge >= 0.3 is 5.97 Å². The first-order chi connectivity index (χ1) is 10.4. The normalized spacial score (nSPS) is 10.9. The van der Waals surface area contributed by atoms with Crippen molar-refractivity contribution in [2.75, 3.05) is 0 Å². The number of aromatic carboxylic acids is 1. The lowest BCUT2D eigenvalue weighted by atomic mass is 10.1. The Kier molecular flexibility index (Phi) is 2.81. The van der Waals surface area contributed by atoms with Crippen molar-refractivity contribution in [2.45, 2.75) is 0 Å². The first kappa shape index (κ1) is 13.6. The molecule has 8 nitrogen and oxygen atoms in total. The zero-order chi connectivity index (χ0) is 16.0. The molecule has 3 aromatic rings. The van der Waals surface area contributed by atoms with E-state index in [4.69, 9.17) is 5.11 Å². The molecule has 0 aliphatic carbocycles. The van der Waals surface area contributed by atoms with E-state index in [2.05, 4.69) is 9.97 Å². The molecule has 4 N–H and O–H groups in total. The number of carboxylic acids is 1. The van der Waals surface area contributed by atoms with Gasteiger partial charge in [-0.05, 0) is 12.1 Å². The van der Waals surface area contributed by atoms with E-state index in [9.17, 15) is 24.9 Å². The van der Waals surface area contributed by atoms with Gasteiger partial charge in [0.2, 0.25) is 0 Å². The molecule has 8 heteroatoms. The van der Waals surface area contributed by atoms with Gasteiger partial charge in [0, 0.05) is 6.07 Å². The number of fused-ring (bicyclic) bond motifs is 2. The van der Waals surface area contributed by atoms with Gasteiger partial charge in [-0.25, -0.2) is 14.8 Å².